The molecule has 0 radical (unpaired) electrons. The summed E-state index contributed by atoms with van der Waals surface area (Å²) in [6.07, 6.45) is 4.63. The van der Waals surface area contributed by atoms with Crippen molar-refractivity contribution in [3.05, 3.63) is 17.4 Å². The van der Waals surface area contributed by atoms with Crippen LogP contribution < -0.4 is 10.6 Å². The van der Waals surface area contributed by atoms with Gasteiger partial charge in [-0.1, -0.05) is 18.0 Å². The number of rotatable bonds is 7. The van der Waals surface area contributed by atoms with Crippen molar-refractivity contribution in [2.45, 2.75) is 44.4 Å². The quantitative estimate of drug-likeness (QED) is 0.586. The van der Waals surface area contributed by atoms with E-state index >= 15 is 0 Å². The van der Waals surface area contributed by atoms with Crippen LogP contribution in [0.1, 0.15) is 25.7 Å². The minimum atomic E-state index is -0.921. The minimum absolute atomic E-state index is 0.00355. The molecule has 2 heterocycles. The zero-order valence-corrected chi connectivity index (χ0v) is 15.4. The van der Waals surface area contributed by atoms with E-state index in [0.717, 1.165) is 12.8 Å². The van der Waals surface area contributed by atoms with Gasteiger partial charge in [-0.25, -0.2) is 0 Å². The number of aromatic nitrogens is 2. The van der Waals surface area contributed by atoms with Crippen molar-refractivity contribution in [1.82, 2.24) is 25.3 Å². The molecule has 144 valence electrons. The molecule has 1 fully saturated rings. The topological polar surface area (TPSA) is 117 Å². The molecule has 0 spiro atoms. The Morgan fingerprint density at radius 1 is 1.54 bits per heavy atom. The lowest BCUT2D eigenvalue weighted by atomic mass is 10.1. The Balaban J connectivity index is 1.73. The molecule has 0 aliphatic carbocycles. The number of amides is 3. The summed E-state index contributed by atoms with van der Waals surface area (Å²) in [5, 5.41) is 19.7. The third kappa shape index (κ3) is 6.30. The number of aliphatic hydroxyl groups is 1. The van der Waals surface area contributed by atoms with Crippen LogP contribution in [0.15, 0.2) is 12.4 Å². The van der Waals surface area contributed by atoms with Gasteiger partial charge < -0.3 is 20.6 Å². The van der Waals surface area contributed by atoms with E-state index in [1.807, 2.05) is 0 Å². The Bertz CT molecular complexity index is 650. The monoisotopic (exact) mass is 385 g/mol. The van der Waals surface area contributed by atoms with E-state index in [4.69, 9.17) is 11.6 Å². The molecule has 1 saturated heterocycles. The van der Waals surface area contributed by atoms with Crippen LogP contribution in [0.2, 0.25) is 5.02 Å². The largest absolute Gasteiger partial charge is 0.389 e. The molecule has 26 heavy (non-hydrogen) atoms. The predicted molar refractivity (Wildman–Crippen MR) is 94.3 cm³/mol. The third-order valence-electron chi connectivity index (χ3n) is 4.12. The molecule has 1 aromatic heterocycles. The average molecular weight is 386 g/mol. The summed E-state index contributed by atoms with van der Waals surface area (Å²) >= 11 is 5.75. The highest BCUT2D eigenvalue weighted by atomic mass is 35.5. The van der Waals surface area contributed by atoms with Crippen molar-refractivity contribution in [2.75, 3.05) is 20.1 Å². The maximum absolute atomic E-state index is 12.1. The Hall–Kier alpha value is -2.13. The fourth-order valence-electron chi connectivity index (χ4n) is 2.68. The summed E-state index contributed by atoms with van der Waals surface area (Å²) in [4.78, 5) is 37.1. The molecule has 2 unspecified atom stereocenters. The van der Waals surface area contributed by atoms with E-state index in [1.165, 1.54) is 22.0 Å². The first-order valence-corrected chi connectivity index (χ1v) is 8.90. The van der Waals surface area contributed by atoms with E-state index < -0.39 is 12.1 Å². The van der Waals surface area contributed by atoms with Gasteiger partial charge in [0.1, 0.15) is 12.6 Å². The number of carbonyl (C=O) groups is 3. The zero-order valence-electron chi connectivity index (χ0n) is 14.7. The summed E-state index contributed by atoms with van der Waals surface area (Å²) in [6.45, 7) is 0.0674. The number of likely N-dealkylation sites (N-methyl/N-ethyl adjacent to an activating group) is 1. The SMILES string of the molecule is CN(CC(O)CNC(=O)C1CCCCC(=O)N1)C(=O)Cn1cc(Cl)cn1. The van der Waals surface area contributed by atoms with Gasteiger partial charge in [-0.2, -0.15) is 5.10 Å². The highest BCUT2D eigenvalue weighted by Crippen LogP contribution is 2.09. The van der Waals surface area contributed by atoms with E-state index in [1.54, 1.807) is 7.05 Å². The van der Waals surface area contributed by atoms with Crippen molar-refractivity contribution in [2.24, 2.45) is 0 Å². The molecule has 10 heteroatoms. The first-order chi connectivity index (χ1) is 12.3. The third-order valence-corrected chi connectivity index (χ3v) is 4.31. The second-order valence-corrected chi connectivity index (χ2v) is 6.83. The van der Waals surface area contributed by atoms with E-state index in [2.05, 4.69) is 15.7 Å². The van der Waals surface area contributed by atoms with Gasteiger partial charge in [-0.05, 0) is 12.8 Å². The lowest BCUT2D eigenvalue weighted by Gasteiger charge is -2.22. The van der Waals surface area contributed by atoms with Gasteiger partial charge in [0.05, 0.1) is 17.3 Å². The number of nitrogens with one attached hydrogen (secondary N) is 2. The molecule has 1 aromatic rings. The van der Waals surface area contributed by atoms with Crippen LogP contribution in [0.3, 0.4) is 0 Å². The summed E-state index contributed by atoms with van der Waals surface area (Å²) < 4.78 is 1.41. The number of aliphatic hydroxyl groups excluding tert-OH is 1. The lowest BCUT2D eigenvalue weighted by Crippen LogP contribution is -2.49. The van der Waals surface area contributed by atoms with E-state index in [9.17, 15) is 19.5 Å². The molecule has 2 atom stereocenters. The molecule has 9 nitrogen and oxygen atoms in total. The predicted octanol–water partition coefficient (Wildman–Crippen LogP) is -0.469. The van der Waals surface area contributed by atoms with Gasteiger partial charge in [0.2, 0.25) is 17.7 Å². The lowest BCUT2D eigenvalue weighted by molar-refractivity contribution is -0.132. The van der Waals surface area contributed by atoms with Crippen LogP contribution in [0.25, 0.3) is 0 Å². The number of halogens is 1. The van der Waals surface area contributed by atoms with Gasteiger partial charge in [0.15, 0.2) is 0 Å². The second-order valence-electron chi connectivity index (χ2n) is 6.40. The van der Waals surface area contributed by atoms with Crippen molar-refractivity contribution < 1.29 is 19.5 Å². The number of nitrogens with zero attached hydrogens (tertiary/aromatic N) is 3. The van der Waals surface area contributed by atoms with Crippen LogP contribution >= 0.6 is 11.6 Å². The van der Waals surface area contributed by atoms with Crippen LogP contribution in [0, 0.1) is 0 Å². The Kier molecular flexibility index (Phi) is 7.40. The smallest absolute Gasteiger partial charge is 0.244 e. The molecule has 3 amide bonds. The van der Waals surface area contributed by atoms with E-state index in [0.29, 0.717) is 17.9 Å². The molecule has 0 bridgehead atoms. The maximum Gasteiger partial charge on any atom is 0.244 e. The molecule has 0 aromatic carbocycles. The summed E-state index contributed by atoms with van der Waals surface area (Å²) in [7, 11) is 1.56. The normalized spacial score (nSPS) is 18.6. The molecule has 0 saturated carbocycles. The van der Waals surface area contributed by atoms with Crippen molar-refractivity contribution >= 4 is 29.3 Å². The van der Waals surface area contributed by atoms with Crippen LogP contribution in [-0.2, 0) is 20.9 Å². The standard InChI is InChI=1S/C16H24ClN5O4/c1-21(15(25)10-22-8-11(17)6-19-22)9-12(23)7-18-16(26)13-4-2-3-5-14(24)20-13/h6,8,12-13,23H,2-5,7,9-10H2,1H3,(H,18,26)(H,20,24). The summed E-state index contributed by atoms with van der Waals surface area (Å²) in [5.41, 5.74) is 0. The Morgan fingerprint density at radius 2 is 2.31 bits per heavy atom. The first kappa shape index (κ1) is 20.2. The first-order valence-electron chi connectivity index (χ1n) is 8.52. The van der Waals surface area contributed by atoms with Crippen LogP contribution in [-0.4, -0.2) is 69.8 Å². The fraction of sp³-hybridized carbons (Fsp3) is 0.625. The molecule has 1 aliphatic rings. The summed E-state index contributed by atoms with van der Waals surface area (Å²) in [6, 6.07) is -0.568. The molecular formula is C16H24ClN5O4. The highest BCUT2D eigenvalue weighted by Gasteiger charge is 2.23. The highest BCUT2D eigenvalue weighted by molar-refractivity contribution is 6.30. The van der Waals surface area contributed by atoms with Gasteiger partial charge in [0, 0.05) is 32.8 Å². The van der Waals surface area contributed by atoms with Crippen molar-refractivity contribution in [1.29, 1.82) is 0 Å². The van der Waals surface area contributed by atoms with Crippen molar-refractivity contribution in [3.8, 4) is 0 Å². The van der Waals surface area contributed by atoms with Gasteiger partial charge >= 0.3 is 0 Å². The second kappa shape index (κ2) is 9.54. The maximum atomic E-state index is 12.1. The van der Waals surface area contributed by atoms with Gasteiger partial charge in [-0.15, -0.1) is 0 Å². The van der Waals surface area contributed by atoms with E-state index in [-0.39, 0.29) is 37.4 Å². The average Bonchev–Trinajstić information content (AvgIpc) is 2.86. The number of hydrogen-bond donors (Lipinski definition) is 3. The zero-order chi connectivity index (χ0) is 19.1. The molecule has 3 N–H and O–H groups in total. The number of hydrogen-bond acceptors (Lipinski definition) is 5. The summed E-state index contributed by atoms with van der Waals surface area (Å²) in [5.74, 6) is -0.696. The Morgan fingerprint density at radius 3 is 3.00 bits per heavy atom. The van der Waals surface area contributed by atoms with Gasteiger partial charge in [-0.3, -0.25) is 19.1 Å². The molecular weight excluding hydrogens is 362 g/mol. The van der Waals surface area contributed by atoms with Gasteiger partial charge in [0.25, 0.3) is 0 Å². The van der Waals surface area contributed by atoms with Crippen molar-refractivity contribution in [3.63, 3.8) is 0 Å². The fourth-order valence-corrected chi connectivity index (χ4v) is 2.83. The molecule has 1 aliphatic heterocycles. The molecule has 2 rings (SSSR count). The Labute approximate surface area is 156 Å². The minimum Gasteiger partial charge on any atom is -0.389 e. The number of carbonyl (C=O) groups excluding carboxylic acids is 3. The van der Waals surface area contributed by atoms with Crippen LogP contribution in [0.5, 0.6) is 0 Å². The van der Waals surface area contributed by atoms with Crippen LogP contribution in [0.4, 0.5) is 0 Å².